The van der Waals surface area contributed by atoms with Crippen molar-refractivity contribution in [1.29, 1.82) is 0 Å². The quantitative estimate of drug-likeness (QED) is 0.624. The molecular formula is C20H23FN4S. The van der Waals surface area contributed by atoms with Crippen molar-refractivity contribution < 1.29 is 4.39 Å². The van der Waals surface area contributed by atoms with Gasteiger partial charge in [-0.2, -0.15) is 5.10 Å². The van der Waals surface area contributed by atoms with Crippen LogP contribution in [0.5, 0.6) is 0 Å². The highest BCUT2D eigenvalue weighted by Gasteiger charge is 2.18. The Morgan fingerprint density at radius 2 is 2.04 bits per heavy atom. The van der Waals surface area contributed by atoms with Gasteiger partial charge in [-0.25, -0.2) is 14.1 Å². The van der Waals surface area contributed by atoms with Gasteiger partial charge in [0.25, 0.3) is 0 Å². The molecular weight excluding hydrogens is 347 g/mol. The third kappa shape index (κ3) is 4.02. The molecule has 4 nitrogen and oxygen atoms in total. The summed E-state index contributed by atoms with van der Waals surface area (Å²) in [6.45, 7) is 10.1. The lowest BCUT2D eigenvalue weighted by Crippen LogP contribution is -2.12. The number of rotatable bonds is 7. The van der Waals surface area contributed by atoms with Gasteiger partial charge in [-0.3, -0.25) is 0 Å². The van der Waals surface area contributed by atoms with Gasteiger partial charge in [0.05, 0.1) is 23.3 Å². The molecule has 1 aromatic carbocycles. The van der Waals surface area contributed by atoms with E-state index in [1.165, 1.54) is 0 Å². The van der Waals surface area contributed by atoms with Crippen LogP contribution < -0.4 is 5.32 Å². The van der Waals surface area contributed by atoms with E-state index >= 15 is 0 Å². The number of thiazole rings is 1. The molecule has 0 spiro atoms. The summed E-state index contributed by atoms with van der Waals surface area (Å²) in [5.74, 6) is 0. The van der Waals surface area contributed by atoms with Crippen molar-refractivity contribution in [2.24, 2.45) is 0 Å². The van der Waals surface area contributed by atoms with E-state index in [1.54, 1.807) is 48.2 Å². The predicted octanol–water partition coefficient (Wildman–Crippen LogP) is 5.17. The second-order valence-electron chi connectivity index (χ2n) is 6.64. The fourth-order valence-corrected chi connectivity index (χ4v) is 3.31. The van der Waals surface area contributed by atoms with Gasteiger partial charge in [0.15, 0.2) is 0 Å². The zero-order chi connectivity index (χ0) is 18.7. The Morgan fingerprint density at radius 1 is 1.31 bits per heavy atom. The van der Waals surface area contributed by atoms with E-state index in [0.717, 1.165) is 40.6 Å². The zero-order valence-electron chi connectivity index (χ0n) is 15.3. The molecule has 2 aromatic heterocycles. The van der Waals surface area contributed by atoms with Crippen molar-refractivity contribution in [1.82, 2.24) is 20.1 Å². The maximum Gasteiger partial charge on any atom is 0.130 e. The molecule has 3 aromatic rings. The lowest BCUT2D eigenvalue weighted by Gasteiger charge is -2.14. The van der Waals surface area contributed by atoms with E-state index in [4.69, 9.17) is 0 Å². The Hall–Kier alpha value is -2.47. The maximum absolute atomic E-state index is 14.0. The van der Waals surface area contributed by atoms with Gasteiger partial charge >= 0.3 is 0 Å². The lowest BCUT2D eigenvalue weighted by atomic mass is 10.0. The Balaban J connectivity index is 1.78. The molecule has 0 aliphatic carbocycles. The van der Waals surface area contributed by atoms with Crippen LogP contribution in [-0.2, 0) is 5.67 Å². The van der Waals surface area contributed by atoms with E-state index in [2.05, 4.69) is 28.9 Å². The first kappa shape index (κ1) is 18.3. The van der Waals surface area contributed by atoms with Crippen molar-refractivity contribution in [3.8, 4) is 16.3 Å². The summed E-state index contributed by atoms with van der Waals surface area (Å²) in [6.07, 6.45) is 4.76. The van der Waals surface area contributed by atoms with Gasteiger partial charge in [0.1, 0.15) is 10.7 Å². The number of alkyl halides is 1. The molecule has 2 heterocycles. The molecule has 0 aliphatic heterocycles. The van der Waals surface area contributed by atoms with Crippen LogP contribution >= 0.6 is 11.3 Å². The summed E-state index contributed by atoms with van der Waals surface area (Å²) in [5.41, 5.74) is 2.83. The smallest absolute Gasteiger partial charge is 0.130 e. The molecule has 0 saturated carbocycles. The molecule has 136 valence electrons. The molecule has 0 radical (unpaired) electrons. The summed E-state index contributed by atoms with van der Waals surface area (Å²) in [7, 11) is 0. The molecule has 0 unspecified atom stereocenters. The highest BCUT2D eigenvalue weighted by Crippen LogP contribution is 2.27. The lowest BCUT2D eigenvalue weighted by molar-refractivity contribution is 0.221. The van der Waals surface area contributed by atoms with Crippen LogP contribution in [0.1, 0.15) is 38.4 Å². The second kappa shape index (κ2) is 7.41. The number of hydrogen-bond donors (Lipinski definition) is 1. The Morgan fingerprint density at radius 3 is 2.69 bits per heavy atom. The first-order valence-electron chi connectivity index (χ1n) is 8.62. The highest BCUT2D eigenvalue weighted by atomic mass is 32.1. The minimum Gasteiger partial charge on any atom is -0.384 e. The zero-order valence-corrected chi connectivity index (χ0v) is 16.1. The summed E-state index contributed by atoms with van der Waals surface area (Å²) >= 11 is 1.56. The Kier molecular flexibility index (Phi) is 5.23. The van der Waals surface area contributed by atoms with Gasteiger partial charge in [-0.05, 0) is 38.0 Å². The summed E-state index contributed by atoms with van der Waals surface area (Å²) < 4.78 is 15.8. The number of nitrogens with one attached hydrogen (secondary N) is 1. The van der Waals surface area contributed by atoms with E-state index in [0.29, 0.717) is 5.56 Å². The van der Waals surface area contributed by atoms with E-state index in [1.807, 2.05) is 23.7 Å². The van der Waals surface area contributed by atoms with E-state index in [9.17, 15) is 4.39 Å². The van der Waals surface area contributed by atoms with Crippen LogP contribution in [0.4, 0.5) is 4.39 Å². The molecule has 0 amide bonds. The maximum atomic E-state index is 14.0. The predicted molar refractivity (Wildman–Crippen MR) is 106 cm³/mol. The fraction of sp³-hybridized carbons (Fsp3) is 0.300. The average molecular weight is 370 g/mol. The largest absolute Gasteiger partial charge is 0.384 e. The minimum atomic E-state index is -1.35. The SMILES string of the molecule is C=C(NCCC)c1csc(-c2cnn(-c3ccc(C(C)(C)F)cc3)c2)n1. The number of nitrogens with zero attached hydrogens (tertiary/aromatic N) is 3. The third-order valence-corrected chi connectivity index (χ3v) is 4.94. The van der Waals surface area contributed by atoms with Crippen LogP contribution in [0, 0.1) is 0 Å². The topological polar surface area (TPSA) is 42.7 Å². The van der Waals surface area contributed by atoms with E-state index < -0.39 is 5.67 Å². The number of aromatic nitrogens is 3. The van der Waals surface area contributed by atoms with Crippen LogP contribution in [0.2, 0.25) is 0 Å². The molecule has 0 aliphatic rings. The molecule has 0 atom stereocenters. The van der Waals surface area contributed by atoms with Gasteiger partial charge in [0, 0.05) is 23.7 Å². The summed E-state index contributed by atoms with van der Waals surface area (Å²) in [6, 6.07) is 7.33. The summed E-state index contributed by atoms with van der Waals surface area (Å²) in [5, 5.41) is 10.6. The normalized spacial score (nSPS) is 11.5. The van der Waals surface area contributed by atoms with Gasteiger partial charge in [-0.1, -0.05) is 25.6 Å². The van der Waals surface area contributed by atoms with Crippen molar-refractivity contribution in [3.63, 3.8) is 0 Å². The molecule has 0 bridgehead atoms. The Bertz CT molecular complexity index is 887. The second-order valence-corrected chi connectivity index (χ2v) is 7.49. The minimum absolute atomic E-state index is 0.649. The first-order chi connectivity index (χ1) is 12.4. The molecule has 6 heteroatoms. The van der Waals surface area contributed by atoms with Crippen molar-refractivity contribution in [2.75, 3.05) is 6.54 Å². The summed E-state index contributed by atoms with van der Waals surface area (Å²) in [4.78, 5) is 4.64. The van der Waals surface area contributed by atoms with Crippen LogP contribution in [0.15, 0.2) is 48.6 Å². The molecule has 1 N–H and O–H groups in total. The van der Waals surface area contributed by atoms with Crippen molar-refractivity contribution in [2.45, 2.75) is 32.9 Å². The molecule has 3 rings (SSSR count). The first-order valence-corrected chi connectivity index (χ1v) is 9.50. The van der Waals surface area contributed by atoms with Crippen molar-refractivity contribution >= 4 is 17.0 Å². The molecule has 0 fully saturated rings. The van der Waals surface area contributed by atoms with Crippen molar-refractivity contribution in [3.05, 3.63) is 59.9 Å². The fourth-order valence-electron chi connectivity index (χ4n) is 2.50. The van der Waals surface area contributed by atoms with Crippen LogP contribution in [-0.4, -0.2) is 21.3 Å². The number of halogens is 1. The van der Waals surface area contributed by atoms with Gasteiger partial charge in [0.2, 0.25) is 0 Å². The van der Waals surface area contributed by atoms with Gasteiger partial charge in [-0.15, -0.1) is 11.3 Å². The Labute approximate surface area is 157 Å². The van der Waals surface area contributed by atoms with E-state index in [-0.39, 0.29) is 0 Å². The number of benzene rings is 1. The monoisotopic (exact) mass is 370 g/mol. The average Bonchev–Trinajstić information content (AvgIpc) is 3.28. The van der Waals surface area contributed by atoms with Gasteiger partial charge < -0.3 is 5.32 Å². The van der Waals surface area contributed by atoms with Crippen LogP contribution in [0.3, 0.4) is 0 Å². The number of hydrogen-bond acceptors (Lipinski definition) is 4. The van der Waals surface area contributed by atoms with Crippen LogP contribution in [0.25, 0.3) is 22.0 Å². The third-order valence-electron chi connectivity index (χ3n) is 4.05. The molecule has 26 heavy (non-hydrogen) atoms. The highest BCUT2D eigenvalue weighted by molar-refractivity contribution is 7.13. The molecule has 0 saturated heterocycles. The standard InChI is InChI=1S/C20H23FN4S/c1-5-10-22-14(2)18-13-26-19(24-18)15-11-23-25(12-15)17-8-6-16(7-9-17)20(3,4)21/h6-9,11-13,22H,2,5,10H2,1,3-4H3.